The van der Waals surface area contributed by atoms with E-state index in [2.05, 4.69) is 151 Å². The highest BCUT2D eigenvalue weighted by Crippen LogP contribution is 2.38. The average molecular weight is 2200 g/mol. The number of amides is 3. The van der Waals surface area contributed by atoms with Gasteiger partial charge in [-0.2, -0.15) is 0 Å². The van der Waals surface area contributed by atoms with Crippen molar-refractivity contribution in [1.82, 2.24) is 16.0 Å². The van der Waals surface area contributed by atoms with Gasteiger partial charge in [0.15, 0.2) is 17.2 Å². The molecule has 13 N–H and O–H groups in total. The highest BCUT2D eigenvalue weighted by Gasteiger charge is 2.25. The van der Waals surface area contributed by atoms with Gasteiger partial charge in [0.05, 0.1) is 38.7 Å². The number of halogens is 10. The number of aromatic hydroxyl groups is 3. The quantitative estimate of drug-likeness (QED) is 0.0316. The van der Waals surface area contributed by atoms with Crippen LogP contribution in [0.5, 0.6) is 51.7 Å². The zero-order valence-electron chi connectivity index (χ0n) is 44.2. The normalized spacial score (nSPS) is 11.7. The molecule has 0 fully saturated rings. The molecule has 0 aliphatic carbocycles. The zero-order chi connectivity index (χ0) is 62.9. The van der Waals surface area contributed by atoms with Crippen LogP contribution in [0.25, 0.3) is 0 Å². The van der Waals surface area contributed by atoms with E-state index < -0.39 is 66.1 Å². The van der Waals surface area contributed by atoms with Crippen LogP contribution in [0.3, 0.4) is 0 Å². The minimum absolute atomic E-state index is 0. The van der Waals surface area contributed by atoms with Gasteiger partial charge >= 0.3 is 24.0 Å². The fraction of sp³-hybridized carbons (Fsp3) is 0.222. The molecule has 0 saturated carbocycles. The molecular weight excluding hydrogens is 2150 g/mol. The average Bonchev–Trinajstić information content (AvgIpc) is 3.45. The lowest BCUT2D eigenvalue weighted by Gasteiger charge is -2.20. The summed E-state index contributed by atoms with van der Waals surface area (Å²) < 4.78 is 29.7. The van der Waals surface area contributed by atoms with Crippen LogP contribution in [0.1, 0.15) is 37.5 Å². The van der Waals surface area contributed by atoms with Crippen molar-refractivity contribution >= 4 is 252 Å². The summed E-state index contributed by atoms with van der Waals surface area (Å²) in [6, 6.07) is 22.6. The van der Waals surface area contributed by atoms with Crippen LogP contribution >= 0.6 is 216 Å². The number of phenols is 3. The Kier molecular flexibility index (Phi) is 32.9. The molecule has 0 aliphatic rings. The topological polar surface area (TPSA) is 349 Å². The van der Waals surface area contributed by atoms with Crippen molar-refractivity contribution in [3.8, 4) is 51.7 Å². The van der Waals surface area contributed by atoms with Gasteiger partial charge in [0.2, 0.25) is 11.8 Å². The smallest absolute Gasteiger partial charge is 0.408 e. The number of ether oxygens (including phenoxy) is 4. The van der Waals surface area contributed by atoms with Crippen molar-refractivity contribution < 1.29 is 78.4 Å². The van der Waals surface area contributed by atoms with Gasteiger partial charge in [-0.15, -0.1) is 12.4 Å². The van der Waals surface area contributed by atoms with Gasteiger partial charge in [-0.25, -0.2) is 14.4 Å². The third kappa shape index (κ3) is 26.1. The van der Waals surface area contributed by atoms with Crippen molar-refractivity contribution in [2.75, 3.05) is 13.1 Å². The molecule has 0 heterocycles. The molecule has 0 spiro atoms. The van der Waals surface area contributed by atoms with Crippen molar-refractivity contribution in [1.29, 1.82) is 0 Å². The fourth-order valence-corrected chi connectivity index (χ4v) is 14.5. The second-order valence-corrected chi connectivity index (χ2v) is 28.8. The lowest BCUT2D eigenvalue weighted by Crippen LogP contribution is -2.47. The Morgan fingerprint density at radius 1 is 0.482 bits per heavy atom. The number of carboxylic acids is 3. The van der Waals surface area contributed by atoms with Gasteiger partial charge in [0.25, 0.3) is 0 Å². The number of nitrogens with one attached hydrogen (secondary N) is 3. The molecule has 3 atom stereocenters. The van der Waals surface area contributed by atoms with Gasteiger partial charge < -0.3 is 77.0 Å². The van der Waals surface area contributed by atoms with E-state index in [0.29, 0.717) is 50.8 Å². The molecule has 6 aromatic rings. The highest BCUT2D eigenvalue weighted by atomic mass is 127. The third-order valence-corrected chi connectivity index (χ3v) is 17.9. The largest absolute Gasteiger partial charge is 0.507 e. The summed E-state index contributed by atoms with van der Waals surface area (Å²) in [5.74, 6) is -0.263. The molecule has 3 amide bonds. The van der Waals surface area contributed by atoms with Crippen LogP contribution in [0.15, 0.2) is 91.0 Å². The van der Waals surface area contributed by atoms with Crippen LogP contribution in [0.2, 0.25) is 0 Å². The standard InChI is InChI=1S/C22H23I3N2O7.C17H15I3N2O5.C15H12I3NO4.ClH/c1-22(2,3)34-21(32)26-10-18(29)27-16(20(30)31)8-11-6-14(24)19(15(25)7-11)33-12-4-5-17(28)13(23)9-12;18-10-6-9(1-2-14(10)23)27-16-11(19)3-8(4-12(16)20)5-13(17(25)26)22-15(24)7-21;16-9-6-8(1-2-13(9)20)23-14-10(17)3-7(4-11(14)18)5-12(19)15(21)22;/h4-7,9,16,28H,8,10H2,1-3H3,(H,26,32)(H,27,29)(H,30,31);1-4,6,13,23H,5,7,21H2,(H,22,24)(H,25,26);1-4,6,12,20H,5,19H2,(H,21,22);1H/t16-;13-;12-;/m000./s1. The number of benzene rings is 6. The third-order valence-electron chi connectivity index (χ3n) is 10.5. The predicted molar refractivity (Wildman–Crippen MR) is 395 cm³/mol. The number of carbonyl (C=O) groups is 6. The fourth-order valence-electron chi connectivity index (χ4n) is 6.67. The van der Waals surface area contributed by atoms with Crippen molar-refractivity contribution in [3.05, 3.63) is 140 Å². The monoisotopic (exact) mass is 2200 g/mol. The van der Waals surface area contributed by atoms with Crippen LogP contribution < -0.4 is 41.6 Å². The Morgan fingerprint density at radius 3 is 1.06 bits per heavy atom. The molecular formula is C54H51ClI9N5O16. The number of aliphatic carboxylic acids is 3. The molecule has 6 aromatic carbocycles. The summed E-state index contributed by atoms with van der Waals surface area (Å²) in [6.45, 7) is 4.40. The maximum Gasteiger partial charge on any atom is 0.408 e. The van der Waals surface area contributed by atoms with E-state index in [4.69, 9.17) is 35.5 Å². The second kappa shape index (κ2) is 36.4. The van der Waals surface area contributed by atoms with Gasteiger partial charge in [-0.05, 0) is 338 Å². The summed E-state index contributed by atoms with van der Waals surface area (Å²) >= 11 is 18.8. The number of carbonyl (C=O) groups excluding carboxylic acids is 3. The molecule has 6 rings (SSSR count). The van der Waals surface area contributed by atoms with Gasteiger partial charge in [0.1, 0.15) is 64.8 Å². The lowest BCUT2D eigenvalue weighted by atomic mass is 10.1. The maximum absolute atomic E-state index is 12.2. The molecule has 458 valence electrons. The van der Waals surface area contributed by atoms with Crippen molar-refractivity contribution in [2.24, 2.45) is 11.5 Å². The first-order valence-electron chi connectivity index (χ1n) is 23.9. The SMILES string of the molecule is CC(C)(C)OC(=O)NCC(=O)N[C@@H](Cc1cc(I)c(Oc2ccc(O)c(I)c2)c(I)c1)C(=O)O.Cl.NCC(=O)N[C@@H](Cc1cc(I)c(Oc2ccc(O)c(I)c2)c(I)c1)C(=O)O.N[C@@H](Cc1cc(I)c(Oc2ccc(O)c(I)c2)c(I)c1)C(=O)O. The van der Waals surface area contributed by atoms with E-state index in [9.17, 15) is 54.3 Å². The number of phenolic OH excluding ortho intramolecular Hbond substituents is 3. The van der Waals surface area contributed by atoms with E-state index in [0.717, 1.165) is 32.5 Å². The van der Waals surface area contributed by atoms with E-state index in [1.54, 1.807) is 87.5 Å². The molecule has 0 aliphatic heterocycles. The number of hydrogen-bond acceptors (Lipinski definition) is 15. The van der Waals surface area contributed by atoms with E-state index in [1.165, 1.54) is 0 Å². The number of alkyl carbamates (subject to hydrolysis) is 1. The van der Waals surface area contributed by atoms with Crippen molar-refractivity contribution in [3.63, 3.8) is 0 Å². The number of nitrogens with two attached hydrogens (primary N) is 2. The number of rotatable bonds is 20. The van der Waals surface area contributed by atoms with Crippen LogP contribution in [-0.4, -0.2) is 103 Å². The molecule has 0 saturated heterocycles. The van der Waals surface area contributed by atoms with Gasteiger partial charge in [0, 0.05) is 12.8 Å². The van der Waals surface area contributed by atoms with E-state index in [-0.39, 0.29) is 55.5 Å². The molecule has 21 nitrogen and oxygen atoms in total. The first-order chi connectivity index (χ1) is 39.2. The Balaban J connectivity index is 0.000000338. The molecule has 0 aromatic heterocycles. The van der Waals surface area contributed by atoms with Crippen LogP contribution in [0.4, 0.5) is 4.79 Å². The minimum Gasteiger partial charge on any atom is -0.507 e. The maximum atomic E-state index is 12.2. The summed E-state index contributed by atoms with van der Waals surface area (Å²) in [4.78, 5) is 69.3. The second-order valence-electron chi connectivity index (χ2n) is 18.3. The Morgan fingerprint density at radius 2 is 0.788 bits per heavy atom. The van der Waals surface area contributed by atoms with Crippen LogP contribution in [0, 0.1) is 32.1 Å². The number of hydrogen-bond donors (Lipinski definition) is 11. The van der Waals surface area contributed by atoms with E-state index in [1.807, 2.05) is 92.0 Å². The molecule has 0 unspecified atom stereocenters. The summed E-state index contributed by atoms with van der Waals surface area (Å²) in [6.07, 6.45) is -0.336. The Labute approximate surface area is 616 Å². The Hall–Kier alpha value is -2.48. The van der Waals surface area contributed by atoms with E-state index >= 15 is 0 Å². The molecule has 31 heteroatoms. The van der Waals surface area contributed by atoms with Crippen LogP contribution in [-0.2, 0) is 48.0 Å². The summed E-state index contributed by atoms with van der Waals surface area (Å²) in [5.41, 5.74) is 12.4. The lowest BCUT2D eigenvalue weighted by molar-refractivity contribution is -0.142. The van der Waals surface area contributed by atoms with Gasteiger partial charge in [-0.1, -0.05) is 0 Å². The highest BCUT2D eigenvalue weighted by molar-refractivity contribution is 14.1. The van der Waals surface area contributed by atoms with Gasteiger partial charge in [-0.3, -0.25) is 14.4 Å². The number of carboxylic acid groups (broad SMARTS) is 3. The predicted octanol–water partition coefficient (Wildman–Crippen LogP) is 12.1. The first kappa shape index (κ1) is 76.8. The summed E-state index contributed by atoms with van der Waals surface area (Å²) in [7, 11) is 0. The molecule has 85 heavy (non-hydrogen) atoms. The molecule has 0 radical (unpaired) electrons. The Bertz CT molecular complexity index is 3350. The molecule has 0 bridgehead atoms. The van der Waals surface area contributed by atoms with Crippen molar-refractivity contribution in [2.45, 2.75) is 63.8 Å². The minimum atomic E-state index is -1.20. The summed E-state index contributed by atoms with van der Waals surface area (Å²) in [5, 5.41) is 63.8. The zero-order valence-corrected chi connectivity index (χ0v) is 64.4. The first-order valence-corrected chi connectivity index (χ1v) is 33.6.